The van der Waals surface area contributed by atoms with E-state index in [4.69, 9.17) is 28.4 Å². The molecule has 0 spiro atoms. The van der Waals surface area contributed by atoms with Gasteiger partial charge in [0, 0.05) is 6.42 Å². The first-order valence-corrected chi connectivity index (χ1v) is 30.8. The number of allylic oxidation sites excluding steroid dienone is 19. The SMILES string of the molecule is CC/C=C\C/C=C\C/C=C\C/C=C\C/C=C\C/C=C\C/C=C\C/C=C\C/C=C\CCCCCCCC(=O)NC(COC1OC(CO)C(OC2OC(CO)C(OC3OC(CO)C(O)C(O)C3O)C(O)C2O)C(O)C1O)C(O)/C=C/CCCCCC. The van der Waals surface area contributed by atoms with Crippen LogP contribution in [0.4, 0.5) is 0 Å². The van der Waals surface area contributed by atoms with Gasteiger partial charge in [-0.25, -0.2) is 0 Å². The molecule has 0 aromatic carbocycles. The predicted octanol–water partition coefficient (Wildman–Crippen LogP) is 6.09. The number of hydrogen-bond donors (Lipinski definition) is 12. The summed E-state index contributed by atoms with van der Waals surface area (Å²) in [6.07, 6.45) is 35.3. The lowest BCUT2D eigenvalue weighted by atomic mass is 9.96. The van der Waals surface area contributed by atoms with Crippen LogP contribution in [0.25, 0.3) is 0 Å². The number of carbonyl (C=O) groups is 1. The molecule has 3 saturated heterocycles. The zero-order chi connectivity index (χ0) is 61.2. The first-order valence-electron chi connectivity index (χ1n) is 30.8. The quantitative estimate of drug-likeness (QED) is 0.0243. The van der Waals surface area contributed by atoms with Crippen molar-refractivity contribution >= 4 is 5.91 Å². The molecule has 84 heavy (non-hydrogen) atoms. The zero-order valence-electron chi connectivity index (χ0n) is 49.8. The average molecular weight is 1190 g/mol. The summed E-state index contributed by atoms with van der Waals surface area (Å²) in [6.45, 7) is 1.45. The van der Waals surface area contributed by atoms with Gasteiger partial charge in [-0.2, -0.15) is 0 Å². The van der Waals surface area contributed by atoms with E-state index in [1.165, 1.54) is 0 Å². The van der Waals surface area contributed by atoms with E-state index >= 15 is 0 Å². The lowest BCUT2D eigenvalue weighted by molar-refractivity contribution is -0.379. The molecule has 0 aromatic heterocycles. The van der Waals surface area contributed by atoms with E-state index in [1.54, 1.807) is 6.08 Å². The van der Waals surface area contributed by atoms with Crippen molar-refractivity contribution in [3.05, 3.63) is 122 Å². The van der Waals surface area contributed by atoms with Crippen molar-refractivity contribution in [3.63, 3.8) is 0 Å². The van der Waals surface area contributed by atoms with Crippen LogP contribution in [0.5, 0.6) is 0 Å². The molecule has 0 aliphatic carbocycles. The molecule has 3 rings (SSSR count). The Bertz CT molecular complexity index is 2000. The van der Waals surface area contributed by atoms with Crippen molar-refractivity contribution in [2.45, 2.75) is 253 Å². The van der Waals surface area contributed by atoms with Crippen molar-refractivity contribution in [3.8, 4) is 0 Å². The Morgan fingerprint density at radius 2 is 0.821 bits per heavy atom. The molecule has 3 heterocycles. The average Bonchev–Trinajstić information content (AvgIpc) is 2.27. The van der Waals surface area contributed by atoms with E-state index in [0.717, 1.165) is 116 Å². The second-order valence-electron chi connectivity index (χ2n) is 21.4. The van der Waals surface area contributed by atoms with Crippen molar-refractivity contribution in [2.24, 2.45) is 0 Å². The van der Waals surface area contributed by atoms with Crippen molar-refractivity contribution < 1.29 is 89.4 Å². The Morgan fingerprint density at radius 3 is 1.29 bits per heavy atom. The second kappa shape index (κ2) is 46.4. The fourth-order valence-corrected chi connectivity index (χ4v) is 9.47. The summed E-state index contributed by atoms with van der Waals surface area (Å²) in [7, 11) is 0. The maximum atomic E-state index is 13.2. The summed E-state index contributed by atoms with van der Waals surface area (Å²) in [5.74, 6) is -0.308. The lowest BCUT2D eigenvalue weighted by Crippen LogP contribution is -2.66. The van der Waals surface area contributed by atoms with Gasteiger partial charge in [0.1, 0.15) is 73.2 Å². The van der Waals surface area contributed by atoms with E-state index in [1.807, 2.05) is 6.08 Å². The Kier molecular flexibility index (Phi) is 41.1. The highest BCUT2D eigenvalue weighted by atomic mass is 16.8. The van der Waals surface area contributed by atoms with Gasteiger partial charge >= 0.3 is 0 Å². The molecule has 0 saturated carbocycles. The summed E-state index contributed by atoms with van der Waals surface area (Å²) < 4.78 is 34.1. The monoisotopic (exact) mass is 1190 g/mol. The number of rotatable bonds is 43. The summed E-state index contributed by atoms with van der Waals surface area (Å²) in [4.78, 5) is 13.2. The fraction of sp³-hybridized carbons (Fsp3) is 0.677. The first-order chi connectivity index (χ1) is 40.8. The molecule has 0 radical (unpaired) electrons. The van der Waals surface area contributed by atoms with Gasteiger partial charge in [0.25, 0.3) is 0 Å². The number of aliphatic hydroxyl groups is 11. The Morgan fingerprint density at radius 1 is 0.440 bits per heavy atom. The van der Waals surface area contributed by atoms with E-state index < -0.39 is 124 Å². The van der Waals surface area contributed by atoms with Gasteiger partial charge in [-0.05, 0) is 89.9 Å². The zero-order valence-corrected chi connectivity index (χ0v) is 49.8. The summed E-state index contributed by atoms with van der Waals surface area (Å²) >= 11 is 0. The molecule has 3 aliphatic heterocycles. The molecule has 19 nitrogen and oxygen atoms in total. The molecule has 17 unspecified atom stereocenters. The number of carbonyl (C=O) groups excluding carboxylic acids is 1. The molecular formula is C65H105NO18. The van der Waals surface area contributed by atoms with Gasteiger partial charge < -0.3 is 89.9 Å². The molecule has 0 aromatic rings. The Hall–Kier alpha value is -3.81. The van der Waals surface area contributed by atoms with Crippen LogP contribution in [0.15, 0.2) is 122 Å². The minimum absolute atomic E-state index is 0.211. The maximum Gasteiger partial charge on any atom is 0.220 e. The molecule has 17 atom stereocenters. The van der Waals surface area contributed by atoms with Crippen LogP contribution in [-0.2, 0) is 33.2 Å². The van der Waals surface area contributed by atoms with Gasteiger partial charge in [-0.3, -0.25) is 4.79 Å². The van der Waals surface area contributed by atoms with Crippen LogP contribution in [0.3, 0.4) is 0 Å². The van der Waals surface area contributed by atoms with E-state index in [2.05, 4.69) is 129 Å². The third-order valence-electron chi connectivity index (χ3n) is 14.5. The van der Waals surface area contributed by atoms with Gasteiger partial charge in [0.15, 0.2) is 18.9 Å². The molecule has 3 fully saturated rings. The van der Waals surface area contributed by atoms with Crippen LogP contribution in [0.2, 0.25) is 0 Å². The van der Waals surface area contributed by atoms with Crippen LogP contribution < -0.4 is 5.32 Å². The molecule has 3 aliphatic rings. The standard InChI is InChI=1S/C65H105NO18/c1-3-5-7-9-11-12-13-14-15-16-17-18-19-20-21-22-23-24-25-26-27-28-29-30-31-32-33-34-35-36-37-39-41-43-53(71)66-48(49(70)42-40-38-10-8-6-4-2)47-79-63-59(77)56(74)61(51(45-68)81-63)84-65-60(78)57(75)62(52(46-69)82-65)83-64-58(76)55(73)54(72)50(44-67)80-64/h5,7,11-12,14-15,17-18,20-21,23-24,26-27,29-30,32-33,40,42,48-52,54-65,67-70,72-78H,3-4,6,8-10,13,16,19,22,25,28,31,34-39,41,43-47H2,1-2H3,(H,66,71)/b7-5-,12-11-,15-14-,18-17-,21-20-,24-23-,27-26-,30-29-,33-32-,42-40+. The number of unbranched alkanes of at least 4 members (excludes halogenated alkanes) is 9. The number of amides is 1. The summed E-state index contributed by atoms with van der Waals surface area (Å²) in [5, 5.41) is 120. The van der Waals surface area contributed by atoms with Gasteiger partial charge in [-0.1, -0.05) is 174 Å². The van der Waals surface area contributed by atoms with Crippen molar-refractivity contribution in [1.29, 1.82) is 0 Å². The molecule has 1 amide bonds. The smallest absolute Gasteiger partial charge is 0.220 e. The number of hydrogen-bond acceptors (Lipinski definition) is 18. The minimum Gasteiger partial charge on any atom is -0.394 e. The summed E-state index contributed by atoms with van der Waals surface area (Å²) in [6, 6.07) is -0.989. The number of nitrogens with one attached hydrogen (secondary N) is 1. The third-order valence-corrected chi connectivity index (χ3v) is 14.5. The largest absolute Gasteiger partial charge is 0.394 e. The van der Waals surface area contributed by atoms with Crippen molar-refractivity contribution in [1.82, 2.24) is 5.32 Å². The maximum absolute atomic E-state index is 13.2. The lowest BCUT2D eigenvalue weighted by Gasteiger charge is -2.48. The topological polar surface area (TPSA) is 307 Å². The molecule has 0 bridgehead atoms. The van der Waals surface area contributed by atoms with Crippen LogP contribution in [-0.4, -0.2) is 193 Å². The highest BCUT2D eigenvalue weighted by Crippen LogP contribution is 2.33. The summed E-state index contributed by atoms with van der Waals surface area (Å²) in [5.41, 5.74) is 0. The van der Waals surface area contributed by atoms with Gasteiger partial charge in [0.05, 0.1) is 38.6 Å². The van der Waals surface area contributed by atoms with E-state index in [0.29, 0.717) is 12.8 Å². The van der Waals surface area contributed by atoms with Crippen LogP contribution in [0, 0.1) is 0 Å². The number of ether oxygens (including phenoxy) is 6. The van der Waals surface area contributed by atoms with Gasteiger partial charge in [0.2, 0.25) is 5.91 Å². The minimum atomic E-state index is -1.98. The molecular weight excluding hydrogens is 1080 g/mol. The van der Waals surface area contributed by atoms with Crippen molar-refractivity contribution in [2.75, 3.05) is 26.4 Å². The molecule has 12 N–H and O–H groups in total. The third kappa shape index (κ3) is 29.3. The highest BCUT2D eigenvalue weighted by Gasteiger charge is 2.53. The Labute approximate surface area is 499 Å². The fourth-order valence-electron chi connectivity index (χ4n) is 9.47. The van der Waals surface area contributed by atoms with Crippen LogP contribution in [0.1, 0.15) is 149 Å². The second-order valence-corrected chi connectivity index (χ2v) is 21.4. The van der Waals surface area contributed by atoms with Crippen LogP contribution >= 0.6 is 0 Å². The normalized spacial score (nSPS) is 30.0. The Balaban J connectivity index is 1.36. The first kappa shape index (κ1) is 74.4. The van der Waals surface area contributed by atoms with E-state index in [-0.39, 0.29) is 18.9 Å². The van der Waals surface area contributed by atoms with Gasteiger partial charge in [-0.15, -0.1) is 0 Å². The molecule has 19 heteroatoms. The highest BCUT2D eigenvalue weighted by molar-refractivity contribution is 5.76. The predicted molar refractivity (Wildman–Crippen MR) is 323 cm³/mol. The molecule has 478 valence electrons. The van der Waals surface area contributed by atoms with E-state index in [9.17, 15) is 61.0 Å². The number of aliphatic hydroxyl groups excluding tert-OH is 11.